The molecule has 0 aromatic carbocycles. The van der Waals surface area contributed by atoms with E-state index in [0.717, 1.165) is 5.56 Å². The van der Waals surface area contributed by atoms with Crippen LogP contribution in [0.4, 0.5) is 0 Å². The number of hydrogen-bond donors (Lipinski definition) is 1. The van der Waals surface area contributed by atoms with Crippen molar-refractivity contribution in [1.29, 1.82) is 0 Å². The summed E-state index contributed by atoms with van der Waals surface area (Å²) in [6.45, 7) is 1.78. The number of aromatic nitrogens is 1. The number of carboxylic acid groups (broad SMARTS) is 1. The second-order valence-electron chi connectivity index (χ2n) is 2.33. The van der Waals surface area contributed by atoms with Gasteiger partial charge >= 0.3 is 5.97 Å². The van der Waals surface area contributed by atoms with Gasteiger partial charge in [-0.25, -0.2) is 4.79 Å². The fourth-order valence-corrected chi connectivity index (χ4v) is 0.942. The maximum absolute atomic E-state index is 10.4. The molecule has 1 aromatic heterocycles. The molecule has 0 atom stereocenters. The Hall–Kier alpha value is -1.25. The molecule has 0 bridgehead atoms. The van der Waals surface area contributed by atoms with Gasteiger partial charge in [-0.2, -0.15) is 0 Å². The summed E-state index contributed by atoms with van der Waals surface area (Å²) in [4.78, 5) is 10.4. The molecule has 10 heavy (non-hydrogen) atoms. The Balaban J connectivity index is 3.15. The second kappa shape index (κ2) is 2.17. The fraction of sp³-hybridized carbons (Fsp3) is 0.286. The van der Waals surface area contributed by atoms with E-state index in [-0.39, 0.29) is 0 Å². The van der Waals surface area contributed by atoms with Crippen LogP contribution in [0.1, 0.15) is 15.9 Å². The summed E-state index contributed by atoms with van der Waals surface area (Å²) >= 11 is 0. The smallest absolute Gasteiger partial charge is 0.337 e. The lowest BCUT2D eigenvalue weighted by Gasteiger charge is -1.86. The Morgan fingerprint density at radius 3 is 2.40 bits per heavy atom. The van der Waals surface area contributed by atoms with Gasteiger partial charge in [-0.3, -0.25) is 0 Å². The molecule has 0 unspecified atom stereocenters. The van der Waals surface area contributed by atoms with Crippen LogP contribution < -0.4 is 0 Å². The fourth-order valence-electron chi connectivity index (χ4n) is 0.942. The lowest BCUT2D eigenvalue weighted by Crippen LogP contribution is -1.95. The van der Waals surface area contributed by atoms with Crippen molar-refractivity contribution in [2.45, 2.75) is 6.92 Å². The summed E-state index contributed by atoms with van der Waals surface area (Å²) in [6, 6.07) is 0. The van der Waals surface area contributed by atoms with E-state index in [0.29, 0.717) is 5.56 Å². The summed E-state index contributed by atoms with van der Waals surface area (Å²) in [5.41, 5.74) is 1.18. The molecule has 0 aliphatic heterocycles. The Kier molecular flexibility index (Phi) is 1.49. The van der Waals surface area contributed by atoms with Gasteiger partial charge in [0.25, 0.3) is 0 Å². The van der Waals surface area contributed by atoms with Gasteiger partial charge in [-0.15, -0.1) is 0 Å². The lowest BCUT2D eigenvalue weighted by molar-refractivity contribution is 0.0696. The van der Waals surface area contributed by atoms with Crippen LogP contribution in [0.3, 0.4) is 0 Å². The van der Waals surface area contributed by atoms with Crippen molar-refractivity contribution in [1.82, 2.24) is 4.57 Å². The largest absolute Gasteiger partial charge is 0.478 e. The predicted octanol–water partition coefficient (Wildman–Crippen LogP) is 1.03. The topological polar surface area (TPSA) is 42.2 Å². The molecule has 0 saturated heterocycles. The molecule has 0 aliphatic carbocycles. The van der Waals surface area contributed by atoms with E-state index in [1.54, 1.807) is 30.9 Å². The molecular formula is C7H9NO2. The molecule has 0 aliphatic rings. The highest BCUT2D eigenvalue weighted by Crippen LogP contribution is 2.06. The van der Waals surface area contributed by atoms with Crippen LogP contribution in [0.5, 0.6) is 0 Å². The third kappa shape index (κ3) is 1.03. The zero-order valence-corrected chi connectivity index (χ0v) is 5.96. The third-order valence-corrected chi connectivity index (χ3v) is 1.39. The van der Waals surface area contributed by atoms with Crippen LogP contribution in [0.15, 0.2) is 12.4 Å². The zero-order chi connectivity index (χ0) is 7.72. The molecule has 0 radical (unpaired) electrons. The van der Waals surface area contributed by atoms with Crippen LogP contribution >= 0.6 is 0 Å². The minimum atomic E-state index is -0.863. The highest BCUT2D eigenvalue weighted by molar-refractivity contribution is 5.89. The van der Waals surface area contributed by atoms with Crippen molar-refractivity contribution in [3.8, 4) is 0 Å². The Morgan fingerprint density at radius 2 is 2.20 bits per heavy atom. The number of hydrogen-bond acceptors (Lipinski definition) is 1. The van der Waals surface area contributed by atoms with Crippen LogP contribution in [-0.2, 0) is 7.05 Å². The van der Waals surface area contributed by atoms with Crippen molar-refractivity contribution in [2.24, 2.45) is 7.05 Å². The average Bonchev–Trinajstić information content (AvgIpc) is 2.10. The summed E-state index contributed by atoms with van der Waals surface area (Å²) in [7, 11) is 1.80. The highest BCUT2D eigenvalue weighted by atomic mass is 16.4. The summed E-state index contributed by atoms with van der Waals surface area (Å²) in [6.07, 6.45) is 3.38. The minimum Gasteiger partial charge on any atom is -0.478 e. The van der Waals surface area contributed by atoms with Gasteiger partial charge in [0, 0.05) is 19.4 Å². The van der Waals surface area contributed by atoms with E-state index in [9.17, 15) is 4.79 Å². The second-order valence-corrected chi connectivity index (χ2v) is 2.33. The van der Waals surface area contributed by atoms with E-state index >= 15 is 0 Å². The summed E-state index contributed by atoms with van der Waals surface area (Å²) in [5.74, 6) is -0.863. The SMILES string of the molecule is Cc1cn(C)cc1C(=O)O. The van der Waals surface area contributed by atoms with Crippen LogP contribution in [0.2, 0.25) is 0 Å². The maximum atomic E-state index is 10.4. The predicted molar refractivity (Wildman–Crippen MR) is 37.1 cm³/mol. The molecule has 0 amide bonds. The standard InChI is InChI=1S/C7H9NO2/c1-5-3-8(2)4-6(5)7(9)10/h3-4H,1-2H3,(H,9,10). The van der Waals surface area contributed by atoms with E-state index in [1.807, 2.05) is 0 Å². The van der Waals surface area contributed by atoms with Crippen molar-refractivity contribution < 1.29 is 9.90 Å². The van der Waals surface area contributed by atoms with Crippen LogP contribution in [-0.4, -0.2) is 15.6 Å². The number of aryl methyl sites for hydroxylation is 2. The molecule has 0 spiro atoms. The average molecular weight is 139 g/mol. The van der Waals surface area contributed by atoms with Crippen molar-refractivity contribution >= 4 is 5.97 Å². The summed E-state index contributed by atoms with van der Waals surface area (Å²) in [5, 5.41) is 8.57. The first-order chi connectivity index (χ1) is 4.61. The first-order valence-electron chi connectivity index (χ1n) is 2.97. The molecule has 1 N–H and O–H groups in total. The van der Waals surface area contributed by atoms with Crippen LogP contribution in [0, 0.1) is 6.92 Å². The third-order valence-electron chi connectivity index (χ3n) is 1.39. The van der Waals surface area contributed by atoms with E-state index in [4.69, 9.17) is 5.11 Å². The number of nitrogens with zero attached hydrogens (tertiary/aromatic N) is 1. The van der Waals surface area contributed by atoms with Crippen LogP contribution in [0.25, 0.3) is 0 Å². The van der Waals surface area contributed by atoms with Gasteiger partial charge in [0.1, 0.15) is 0 Å². The van der Waals surface area contributed by atoms with Crippen molar-refractivity contribution in [3.63, 3.8) is 0 Å². The minimum absolute atomic E-state index is 0.377. The molecule has 54 valence electrons. The number of aromatic carboxylic acids is 1. The normalized spacial score (nSPS) is 9.80. The molecule has 3 heteroatoms. The number of carbonyl (C=O) groups is 1. The molecule has 1 heterocycles. The Morgan fingerprint density at radius 1 is 1.60 bits per heavy atom. The monoisotopic (exact) mass is 139 g/mol. The van der Waals surface area contributed by atoms with Gasteiger partial charge < -0.3 is 9.67 Å². The first-order valence-corrected chi connectivity index (χ1v) is 2.97. The summed E-state index contributed by atoms with van der Waals surface area (Å²) < 4.78 is 1.73. The van der Waals surface area contributed by atoms with Crippen molar-refractivity contribution in [3.05, 3.63) is 23.5 Å². The van der Waals surface area contributed by atoms with E-state index in [1.165, 1.54) is 0 Å². The molecule has 0 saturated carbocycles. The van der Waals surface area contributed by atoms with Gasteiger partial charge in [-0.1, -0.05) is 0 Å². The van der Waals surface area contributed by atoms with Gasteiger partial charge in [0.05, 0.1) is 5.56 Å². The van der Waals surface area contributed by atoms with Gasteiger partial charge in [0.15, 0.2) is 0 Å². The molecule has 0 fully saturated rings. The van der Waals surface area contributed by atoms with Gasteiger partial charge in [-0.05, 0) is 12.5 Å². The van der Waals surface area contributed by atoms with Crippen molar-refractivity contribution in [2.75, 3.05) is 0 Å². The highest BCUT2D eigenvalue weighted by Gasteiger charge is 2.07. The molecular weight excluding hydrogens is 130 g/mol. The number of carboxylic acids is 1. The molecule has 3 nitrogen and oxygen atoms in total. The number of rotatable bonds is 1. The Bertz CT molecular complexity index is 263. The maximum Gasteiger partial charge on any atom is 0.337 e. The van der Waals surface area contributed by atoms with Gasteiger partial charge in [0.2, 0.25) is 0 Å². The van der Waals surface area contributed by atoms with E-state index in [2.05, 4.69) is 0 Å². The Labute approximate surface area is 58.9 Å². The molecule has 1 rings (SSSR count). The zero-order valence-electron chi connectivity index (χ0n) is 5.96. The first kappa shape index (κ1) is 6.86. The quantitative estimate of drug-likeness (QED) is 0.631. The molecule has 1 aromatic rings. The van der Waals surface area contributed by atoms with E-state index < -0.39 is 5.97 Å². The lowest BCUT2D eigenvalue weighted by atomic mass is 10.2.